The van der Waals surface area contributed by atoms with Crippen molar-refractivity contribution >= 4 is 0 Å². The molecule has 0 saturated heterocycles. The van der Waals surface area contributed by atoms with E-state index in [1.165, 1.54) is 16.7 Å². The quantitative estimate of drug-likeness (QED) is 0.674. The molecule has 1 nitrogen and oxygen atoms in total. The molecular weight excluding hydrogens is 182 g/mol. The molecule has 15 heavy (non-hydrogen) atoms. The van der Waals surface area contributed by atoms with Gasteiger partial charge in [-0.1, -0.05) is 45.1 Å². The van der Waals surface area contributed by atoms with Crippen molar-refractivity contribution in [1.29, 1.82) is 0 Å². The Kier molecular flexibility index (Phi) is 12.5. The number of allylic oxidation sites excluding steroid dienone is 4. The largest absolute Gasteiger partial charge is 0.330 e. The second kappa shape index (κ2) is 11.3. The third kappa shape index (κ3) is 8.19. The van der Waals surface area contributed by atoms with Gasteiger partial charge in [-0.2, -0.15) is 0 Å². The molecule has 0 aromatic heterocycles. The van der Waals surface area contributed by atoms with Gasteiger partial charge in [0.05, 0.1) is 0 Å². The Morgan fingerprint density at radius 2 is 1.80 bits per heavy atom. The van der Waals surface area contributed by atoms with Gasteiger partial charge < -0.3 is 5.73 Å². The lowest BCUT2D eigenvalue weighted by Crippen LogP contribution is -2.00. The average Bonchev–Trinajstić information content (AvgIpc) is 2.26. The summed E-state index contributed by atoms with van der Waals surface area (Å²) >= 11 is 0. The normalized spacial score (nSPS) is 10.1. The van der Waals surface area contributed by atoms with Crippen molar-refractivity contribution in [1.82, 2.24) is 0 Å². The van der Waals surface area contributed by atoms with E-state index in [9.17, 15) is 0 Å². The minimum atomic E-state index is 0.713. The summed E-state index contributed by atoms with van der Waals surface area (Å²) in [5, 5.41) is 0. The first kappa shape index (κ1) is 16.6. The summed E-state index contributed by atoms with van der Waals surface area (Å²) in [5.41, 5.74) is 9.51. The van der Waals surface area contributed by atoms with Crippen LogP contribution in [0.3, 0.4) is 0 Å². The fourth-order valence-electron chi connectivity index (χ4n) is 1.15. The summed E-state index contributed by atoms with van der Waals surface area (Å²) < 4.78 is 0. The summed E-state index contributed by atoms with van der Waals surface area (Å²) in [6.07, 6.45) is 6.11. The highest BCUT2D eigenvalue weighted by Crippen LogP contribution is 2.14. The van der Waals surface area contributed by atoms with Crippen LogP contribution in [-0.4, -0.2) is 6.54 Å². The molecule has 0 radical (unpaired) electrons. The molecule has 88 valence electrons. The minimum absolute atomic E-state index is 0.713. The van der Waals surface area contributed by atoms with E-state index < -0.39 is 0 Å². The zero-order valence-electron chi connectivity index (χ0n) is 11.1. The fraction of sp³-hybridized carbons (Fsp3) is 0.571. The van der Waals surface area contributed by atoms with Gasteiger partial charge in [0, 0.05) is 0 Å². The first-order valence-corrected chi connectivity index (χ1v) is 5.85. The number of nitrogens with two attached hydrogens (primary N) is 1. The Morgan fingerprint density at radius 3 is 2.07 bits per heavy atom. The van der Waals surface area contributed by atoms with E-state index in [2.05, 4.69) is 33.4 Å². The first-order chi connectivity index (χ1) is 7.15. The maximum Gasteiger partial charge on any atom is -0.00367 e. The molecule has 0 aliphatic carbocycles. The van der Waals surface area contributed by atoms with Crippen LogP contribution in [0.15, 0.2) is 35.5 Å². The molecule has 0 aromatic rings. The minimum Gasteiger partial charge on any atom is -0.330 e. The summed E-state index contributed by atoms with van der Waals surface area (Å²) in [5.74, 6) is 0. The lowest BCUT2D eigenvalue weighted by molar-refractivity contribution is 0.951. The van der Waals surface area contributed by atoms with Crippen LogP contribution < -0.4 is 5.73 Å². The topological polar surface area (TPSA) is 26.0 Å². The maximum atomic E-state index is 5.54. The summed E-state index contributed by atoms with van der Waals surface area (Å²) in [4.78, 5) is 0. The van der Waals surface area contributed by atoms with Crippen LogP contribution >= 0.6 is 0 Å². The van der Waals surface area contributed by atoms with Crippen LogP contribution in [0.2, 0.25) is 0 Å². The van der Waals surface area contributed by atoms with Gasteiger partial charge in [0.25, 0.3) is 0 Å². The second-order valence-corrected chi connectivity index (χ2v) is 3.34. The van der Waals surface area contributed by atoms with E-state index in [0.29, 0.717) is 6.54 Å². The predicted molar refractivity (Wildman–Crippen MR) is 72.0 cm³/mol. The third-order valence-corrected chi connectivity index (χ3v) is 2.09. The van der Waals surface area contributed by atoms with Crippen molar-refractivity contribution in [3.63, 3.8) is 0 Å². The van der Waals surface area contributed by atoms with Crippen molar-refractivity contribution < 1.29 is 0 Å². The Bertz CT molecular complexity index is 217. The molecule has 0 fully saturated rings. The van der Waals surface area contributed by atoms with Gasteiger partial charge in [-0.05, 0) is 44.4 Å². The molecule has 0 aliphatic heterocycles. The van der Waals surface area contributed by atoms with Crippen LogP contribution in [-0.2, 0) is 0 Å². The number of hydrogen-bond donors (Lipinski definition) is 1. The monoisotopic (exact) mass is 209 g/mol. The molecule has 0 amide bonds. The Labute approximate surface area is 95.8 Å². The van der Waals surface area contributed by atoms with Crippen molar-refractivity contribution in [2.75, 3.05) is 6.54 Å². The molecule has 1 heteroatoms. The van der Waals surface area contributed by atoms with Crippen molar-refractivity contribution in [3.8, 4) is 0 Å². The van der Waals surface area contributed by atoms with Crippen LogP contribution in [0.5, 0.6) is 0 Å². The standard InChI is InChI=1S/C12H21N.C2H6/c1-5-11(6-2)9-12(7-8-13)10(3)4;1-2/h5,9H,1,6-8,13H2,2-4H3;1-2H3/b11-9-;. The molecule has 0 rings (SSSR count). The van der Waals surface area contributed by atoms with Crippen LogP contribution in [0.1, 0.15) is 47.5 Å². The molecule has 0 unspecified atom stereocenters. The average molecular weight is 209 g/mol. The van der Waals surface area contributed by atoms with Crippen LogP contribution in [0.25, 0.3) is 0 Å². The van der Waals surface area contributed by atoms with Crippen molar-refractivity contribution in [2.45, 2.75) is 47.5 Å². The SMILES string of the molecule is C=C/C(=C/C(CCN)=C(C)C)CC.CC. The van der Waals surface area contributed by atoms with E-state index in [0.717, 1.165) is 12.8 Å². The van der Waals surface area contributed by atoms with E-state index in [1.54, 1.807) is 0 Å². The lowest BCUT2D eigenvalue weighted by Gasteiger charge is -2.05. The van der Waals surface area contributed by atoms with Gasteiger partial charge in [0.15, 0.2) is 0 Å². The zero-order valence-corrected chi connectivity index (χ0v) is 11.1. The van der Waals surface area contributed by atoms with E-state index in [4.69, 9.17) is 5.73 Å². The third-order valence-electron chi connectivity index (χ3n) is 2.09. The fourth-order valence-corrected chi connectivity index (χ4v) is 1.15. The highest BCUT2D eigenvalue weighted by molar-refractivity contribution is 5.31. The van der Waals surface area contributed by atoms with Gasteiger partial charge in [-0.25, -0.2) is 0 Å². The van der Waals surface area contributed by atoms with Gasteiger partial charge in [0.2, 0.25) is 0 Å². The summed E-state index contributed by atoms with van der Waals surface area (Å²) in [7, 11) is 0. The molecule has 0 saturated carbocycles. The van der Waals surface area contributed by atoms with Crippen LogP contribution in [0.4, 0.5) is 0 Å². The molecule has 0 heterocycles. The lowest BCUT2D eigenvalue weighted by atomic mass is 10.0. The summed E-state index contributed by atoms with van der Waals surface area (Å²) in [6, 6.07) is 0. The van der Waals surface area contributed by atoms with E-state index in [1.807, 2.05) is 19.9 Å². The van der Waals surface area contributed by atoms with Gasteiger partial charge in [-0.3, -0.25) is 0 Å². The van der Waals surface area contributed by atoms with Crippen molar-refractivity contribution in [2.24, 2.45) is 5.73 Å². The molecule has 0 spiro atoms. The predicted octanol–water partition coefficient (Wildman–Crippen LogP) is 4.22. The number of hydrogen-bond acceptors (Lipinski definition) is 1. The second-order valence-electron chi connectivity index (χ2n) is 3.34. The van der Waals surface area contributed by atoms with Crippen LogP contribution in [0, 0.1) is 0 Å². The number of rotatable bonds is 5. The molecule has 0 aromatic carbocycles. The maximum absolute atomic E-state index is 5.54. The zero-order chi connectivity index (χ0) is 12.3. The van der Waals surface area contributed by atoms with E-state index in [-0.39, 0.29) is 0 Å². The smallest absolute Gasteiger partial charge is 0.00367 e. The molecule has 0 atom stereocenters. The Hall–Kier alpha value is -0.820. The Balaban J connectivity index is 0. The highest BCUT2D eigenvalue weighted by Gasteiger charge is 1.96. The molecule has 0 aliphatic rings. The first-order valence-electron chi connectivity index (χ1n) is 5.85. The van der Waals surface area contributed by atoms with Gasteiger partial charge >= 0.3 is 0 Å². The molecule has 0 bridgehead atoms. The van der Waals surface area contributed by atoms with Crippen molar-refractivity contribution in [3.05, 3.63) is 35.5 Å². The Morgan fingerprint density at radius 1 is 1.27 bits per heavy atom. The van der Waals surface area contributed by atoms with Gasteiger partial charge in [-0.15, -0.1) is 0 Å². The highest BCUT2D eigenvalue weighted by atomic mass is 14.5. The molecule has 2 N–H and O–H groups in total. The summed E-state index contributed by atoms with van der Waals surface area (Å²) in [6.45, 7) is 14.9. The van der Waals surface area contributed by atoms with Gasteiger partial charge in [0.1, 0.15) is 0 Å². The van der Waals surface area contributed by atoms with E-state index >= 15 is 0 Å². The molecular formula is C14H27N.